The van der Waals surface area contributed by atoms with Gasteiger partial charge in [-0.2, -0.15) is 13.2 Å². The van der Waals surface area contributed by atoms with E-state index in [1.165, 1.54) is 6.07 Å². The van der Waals surface area contributed by atoms with Crippen LogP contribution in [0.5, 0.6) is 0 Å². The van der Waals surface area contributed by atoms with Crippen molar-refractivity contribution in [2.75, 3.05) is 32.5 Å². The smallest absolute Gasteiger partial charge is 0.416 e. The average Bonchev–Trinajstić information content (AvgIpc) is 2.96. The molecule has 0 atom stereocenters. The third-order valence-corrected chi connectivity index (χ3v) is 4.13. The lowest BCUT2D eigenvalue weighted by Crippen LogP contribution is -2.20. The lowest BCUT2D eigenvalue weighted by atomic mass is 10.1. The Labute approximate surface area is 153 Å². The molecule has 0 aliphatic heterocycles. The van der Waals surface area contributed by atoms with Gasteiger partial charge in [-0.3, -0.25) is 0 Å². The highest BCUT2D eigenvalue weighted by molar-refractivity contribution is 6.33. The molecule has 3 rings (SSSR count). The fourth-order valence-electron chi connectivity index (χ4n) is 2.44. The van der Waals surface area contributed by atoms with E-state index in [2.05, 4.69) is 15.2 Å². The molecule has 0 bridgehead atoms. The number of aromatic nitrogens is 1. The van der Waals surface area contributed by atoms with Crippen molar-refractivity contribution in [2.24, 2.45) is 0 Å². The number of halogens is 4. The minimum Gasteiger partial charge on any atom is -0.436 e. The minimum atomic E-state index is -4.46. The molecule has 2 aromatic carbocycles. The van der Waals surface area contributed by atoms with Crippen LogP contribution in [0.25, 0.3) is 22.6 Å². The summed E-state index contributed by atoms with van der Waals surface area (Å²) >= 11 is 6.05. The summed E-state index contributed by atoms with van der Waals surface area (Å²) in [5.41, 5.74) is 1.19. The molecule has 8 heteroatoms. The fraction of sp³-hybridized carbons (Fsp3) is 0.278. The molecule has 4 nitrogen and oxygen atoms in total. The van der Waals surface area contributed by atoms with Crippen molar-refractivity contribution in [3.05, 3.63) is 47.0 Å². The second kappa shape index (κ2) is 7.17. The zero-order chi connectivity index (χ0) is 18.9. The van der Waals surface area contributed by atoms with E-state index in [1.807, 2.05) is 20.2 Å². The minimum absolute atomic E-state index is 0.0570. The van der Waals surface area contributed by atoms with E-state index in [9.17, 15) is 13.2 Å². The maximum absolute atomic E-state index is 12.9. The van der Waals surface area contributed by atoms with E-state index in [1.54, 1.807) is 12.1 Å². The van der Waals surface area contributed by atoms with Crippen LogP contribution >= 0.6 is 11.6 Å². The average molecular weight is 384 g/mol. The molecule has 0 aliphatic carbocycles. The van der Waals surface area contributed by atoms with Gasteiger partial charge in [0.2, 0.25) is 5.89 Å². The number of likely N-dealkylation sites (N-methyl/N-ethyl adjacent to an activating group) is 1. The number of alkyl halides is 3. The summed E-state index contributed by atoms with van der Waals surface area (Å²) in [5.74, 6) is 0.0570. The molecule has 0 saturated heterocycles. The Bertz CT molecular complexity index is 922. The first-order valence-corrected chi connectivity index (χ1v) is 8.28. The number of nitrogens with one attached hydrogen (secondary N) is 1. The van der Waals surface area contributed by atoms with Gasteiger partial charge in [0, 0.05) is 18.8 Å². The second-order valence-corrected chi connectivity index (χ2v) is 6.53. The first-order valence-electron chi connectivity index (χ1n) is 7.90. The summed E-state index contributed by atoms with van der Waals surface area (Å²) in [6, 6.07) is 8.43. The molecule has 1 N–H and O–H groups in total. The standard InChI is InChI=1S/C18H17ClF3N3O/c1-25(2)8-7-23-12-4-6-16-15(10-12)24-17(26-16)13-9-11(18(20,21)22)3-5-14(13)19/h3-6,9-10,23H,7-8H2,1-2H3. The van der Waals surface area contributed by atoms with Crippen LogP contribution < -0.4 is 5.32 Å². The maximum atomic E-state index is 12.9. The van der Waals surface area contributed by atoms with E-state index in [4.69, 9.17) is 16.0 Å². The van der Waals surface area contributed by atoms with Crippen LogP contribution in [-0.2, 0) is 6.18 Å². The summed E-state index contributed by atoms with van der Waals surface area (Å²) in [4.78, 5) is 6.35. The molecule has 0 aliphatic rings. The van der Waals surface area contributed by atoms with Crippen LogP contribution in [0, 0.1) is 0 Å². The predicted octanol–water partition coefficient (Wildman–Crippen LogP) is 5.14. The van der Waals surface area contributed by atoms with Crippen molar-refractivity contribution in [1.82, 2.24) is 9.88 Å². The molecular formula is C18H17ClF3N3O. The Morgan fingerprint density at radius 1 is 1.15 bits per heavy atom. The molecule has 0 radical (unpaired) electrons. The highest BCUT2D eigenvalue weighted by atomic mass is 35.5. The molecule has 0 amide bonds. The molecule has 1 aromatic heterocycles. The molecule has 138 valence electrons. The lowest BCUT2D eigenvalue weighted by Gasteiger charge is -2.10. The summed E-state index contributed by atoms with van der Waals surface area (Å²) in [7, 11) is 3.96. The largest absolute Gasteiger partial charge is 0.436 e. The molecule has 0 unspecified atom stereocenters. The quantitative estimate of drug-likeness (QED) is 0.662. The third kappa shape index (κ3) is 4.11. The van der Waals surface area contributed by atoms with Crippen LogP contribution in [0.1, 0.15) is 5.56 Å². The number of nitrogens with zero attached hydrogens (tertiary/aromatic N) is 2. The maximum Gasteiger partial charge on any atom is 0.416 e. The van der Waals surface area contributed by atoms with E-state index >= 15 is 0 Å². The van der Waals surface area contributed by atoms with E-state index in [0.717, 1.165) is 30.9 Å². The van der Waals surface area contributed by atoms with Gasteiger partial charge in [-0.25, -0.2) is 4.98 Å². The highest BCUT2D eigenvalue weighted by Crippen LogP contribution is 2.36. The van der Waals surface area contributed by atoms with Crippen LogP contribution in [0.3, 0.4) is 0 Å². The van der Waals surface area contributed by atoms with Gasteiger partial charge < -0.3 is 14.6 Å². The molecule has 1 heterocycles. The van der Waals surface area contributed by atoms with Gasteiger partial charge in [0.25, 0.3) is 0 Å². The topological polar surface area (TPSA) is 41.3 Å². The SMILES string of the molecule is CN(C)CCNc1ccc2oc(-c3cc(C(F)(F)F)ccc3Cl)nc2c1. The molecular weight excluding hydrogens is 367 g/mol. The number of anilines is 1. The zero-order valence-electron chi connectivity index (χ0n) is 14.2. The first kappa shape index (κ1) is 18.5. The number of oxazole rings is 1. The van der Waals surface area contributed by atoms with Crippen molar-refractivity contribution >= 4 is 28.4 Å². The lowest BCUT2D eigenvalue weighted by molar-refractivity contribution is -0.137. The van der Waals surface area contributed by atoms with E-state index in [0.29, 0.717) is 11.1 Å². The van der Waals surface area contributed by atoms with E-state index < -0.39 is 11.7 Å². The summed E-state index contributed by atoms with van der Waals surface area (Å²) in [6.07, 6.45) is -4.46. The van der Waals surface area contributed by atoms with Crippen molar-refractivity contribution in [2.45, 2.75) is 6.18 Å². The van der Waals surface area contributed by atoms with Crippen molar-refractivity contribution in [3.8, 4) is 11.5 Å². The summed E-state index contributed by atoms with van der Waals surface area (Å²) < 4.78 is 44.4. The van der Waals surface area contributed by atoms with Crippen LogP contribution in [0.4, 0.5) is 18.9 Å². The normalized spacial score (nSPS) is 12.1. The van der Waals surface area contributed by atoms with Crippen molar-refractivity contribution in [3.63, 3.8) is 0 Å². The number of hydrogen-bond donors (Lipinski definition) is 1. The van der Waals surface area contributed by atoms with Gasteiger partial charge in [0.05, 0.1) is 16.1 Å². The van der Waals surface area contributed by atoms with Gasteiger partial charge in [0.1, 0.15) is 5.52 Å². The molecule has 0 spiro atoms. The number of rotatable bonds is 5. The Morgan fingerprint density at radius 3 is 2.62 bits per heavy atom. The Balaban J connectivity index is 1.92. The Morgan fingerprint density at radius 2 is 1.92 bits per heavy atom. The number of hydrogen-bond acceptors (Lipinski definition) is 4. The van der Waals surface area contributed by atoms with Gasteiger partial charge in [-0.05, 0) is 50.5 Å². The third-order valence-electron chi connectivity index (χ3n) is 3.80. The highest BCUT2D eigenvalue weighted by Gasteiger charge is 2.31. The van der Waals surface area contributed by atoms with Gasteiger partial charge in [-0.15, -0.1) is 0 Å². The summed E-state index contributed by atoms with van der Waals surface area (Å²) in [5, 5.41) is 3.41. The predicted molar refractivity (Wildman–Crippen MR) is 96.5 cm³/mol. The molecule has 0 fully saturated rings. The van der Waals surface area contributed by atoms with Crippen LogP contribution in [0.2, 0.25) is 5.02 Å². The van der Waals surface area contributed by atoms with Crippen molar-refractivity contribution in [1.29, 1.82) is 0 Å². The molecule has 0 saturated carbocycles. The van der Waals surface area contributed by atoms with Gasteiger partial charge >= 0.3 is 6.18 Å². The van der Waals surface area contributed by atoms with E-state index in [-0.39, 0.29) is 16.5 Å². The molecule has 3 aromatic rings. The van der Waals surface area contributed by atoms with Crippen LogP contribution in [0.15, 0.2) is 40.8 Å². The Hall–Kier alpha value is -2.25. The second-order valence-electron chi connectivity index (χ2n) is 6.12. The number of benzene rings is 2. The zero-order valence-corrected chi connectivity index (χ0v) is 14.9. The summed E-state index contributed by atoms with van der Waals surface area (Å²) in [6.45, 7) is 1.62. The fourth-order valence-corrected chi connectivity index (χ4v) is 2.64. The van der Waals surface area contributed by atoms with Gasteiger partial charge in [0.15, 0.2) is 5.58 Å². The molecule has 26 heavy (non-hydrogen) atoms. The Kier molecular flexibility index (Phi) is 5.11. The van der Waals surface area contributed by atoms with Gasteiger partial charge in [-0.1, -0.05) is 11.6 Å². The van der Waals surface area contributed by atoms with Crippen LogP contribution in [-0.4, -0.2) is 37.1 Å². The first-order chi connectivity index (χ1) is 12.2. The monoisotopic (exact) mass is 383 g/mol. The number of fused-ring (bicyclic) bond motifs is 1. The van der Waals surface area contributed by atoms with Crippen molar-refractivity contribution < 1.29 is 17.6 Å².